The summed E-state index contributed by atoms with van der Waals surface area (Å²) in [5.41, 5.74) is 1.37. The molecular formula is C18H20ClN2O8P. The van der Waals surface area contributed by atoms with Crippen molar-refractivity contribution >= 4 is 20.2 Å². The van der Waals surface area contributed by atoms with E-state index in [1.807, 2.05) is 26.0 Å². The Balaban J connectivity index is 1.45. The molecule has 2 aliphatic rings. The van der Waals surface area contributed by atoms with E-state index in [1.54, 1.807) is 0 Å². The standard InChI is InChI=1S/C18H20ClN2O8P/c1-9-5-10(2)15-11(6-9)8-26-30(28-15)29-18(24,25)13-3-4-14(27-13)21-7-12(19)16(22)20-17(21)23/h5-7,13-14,24-25H,3-4,8H2,1-2H3,(H,20,22,23). The average Bonchev–Trinajstić information content (AvgIpc) is 3.16. The largest absolute Gasteiger partial charge is 0.426 e. The number of nitrogens with one attached hydrogen (secondary N) is 1. The van der Waals surface area contributed by atoms with Gasteiger partial charge < -0.3 is 19.5 Å². The molecule has 1 fully saturated rings. The van der Waals surface area contributed by atoms with Crippen molar-refractivity contribution in [2.45, 2.75) is 51.6 Å². The van der Waals surface area contributed by atoms with E-state index in [2.05, 4.69) is 4.98 Å². The maximum atomic E-state index is 12.0. The lowest BCUT2D eigenvalue weighted by molar-refractivity contribution is -0.346. The lowest BCUT2D eigenvalue weighted by Gasteiger charge is -2.32. The molecule has 30 heavy (non-hydrogen) atoms. The summed E-state index contributed by atoms with van der Waals surface area (Å²) in [6, 6.07) is 3.87. The van der Waals surface area contributed by atoms with Crippen LogP contribution in [0.2, 0.25) is 5.02 Å². The molecule has 162 valence electrons. The van der Waals surface area contributed by atoms with E-state index in [0.717, 1.165) is 27.5 Å². The Labute approximate surface area is 176 Å². The van der Waals surface area contributed by atoms with E-state index < -0.39 is 38.2 Å². The topological polar surface area (TPSA) is 132 Å². The van der Waals surface area contributed by atoms with Crippen molar-refractivity contribution in [3.05, 3.63) is 60.9 Å². The van der Waals surface area contributed by atoms with Gasteiger partial charge in [-0.2, -0.15) is 0 Å². The van der Waals surface area contributed by atoms with Gasteiger partial charge in [-0.3, -0.25) is 18.9 Å². The van der Waals surface area contributed by atoms with Crippen molar-refractivity contribution in [3.8, 4) is 5.75 Å². The molecule has 2 aliphatic heterocycles. The first-order chi connectivity index (χ1) is 14.1. The number of aromatic amines is 1. The molecule has 12 heteroatoms. The Morgan fingerprint density at radius 2 is 2.07 bits per heavy atom. The van der Waals surface area contributed by atoms with Gasteiger partial charge in [-0.05, 0) is 32.3 Å². The summed E-state index contributed by atoms with van der Waals surface area (Å²) in [4.78, 5) is 25.5. The monoisotopic (exact) mass is 458 g/mol. The van der Waals surface area contributed by atoms with Crippen LogP contribution in [0, 0.1) is 13.8 Å². The Bertz CT molecular complexity index is 1080. The molecule has 1 aromatic carbocycles. The lowest BCUT2D eigenvalue weighted by Crippen LogP contribution is -2.44. The van der Waals surface area contributed by atoms with Gasteiger partial charge in [0.15, 0.2) is 0 Å². The molecule has 2 aromatic rings. The van der Waals surface area contributed by atoms with Crippen LogP contribution in [0.15, 0.2) is 27.9 Å². The molecule has 3 heterocycles. The van der Waals surface area contributed by atoms with Crippen molar-refractivity contribution in [1.82, 2.24) is 9.55 Å². The molecule has 0 radical (unpaired) electrons. The zero-order valence-corrected chi connectivity index (χ0v) is 17.8. The van der Waals surface area contributed by atoms with Gasteiger partial charge in [0, 0.05) is 11.8 Å². The van der Waals surface area contributed by atoms with Crippen LogP contribution in [-0.4, -0.2) is 31.8 Å². The van der Waals surface area contributed by atoms with Gasteiger partial charge in [-0.1, -0.05) is 29.3 Å². The number of nitrogens with zero attached hydrogens (tertiary/aromatic N) is 1. The van der Waals surface area contributed by atoms with Gasteiger partial charge in [0.2, 0.25) is 0 Å². The quantitative estimate of drug-likeness (QED) is 0.468. The normalized spacial score (nSPS) is 23.8. The highest BCUT2D eigenvalue weighted by atomic mass is 35.5. The van der Waals surface area contributed by atoms with Crippen LogP contribution < -0.4 is 15.8 Å². The molecule has 0 bridgehead atoms. The third kappa shape index (κ3) is 4.17. The lowest BCUT2D eigenvalue weighted by atomic mass is 10.1. The molecule has 1 aromatic heterocycles. The number of rotatable bonds is 4. The summed E-state index contributed by atoms with van der Waals surface area (Å²) in [6.45, 7) is 4.05. The predicted molar refractivity (Wildman–Crippen MR) is 106 cm³/mol. The first-order valence-corrected chi connectivity index (χ1v) is 10.6. The number of hydrogen-bond donors (Lipinski definition) is 3. The number of hydrogen-bond acceptors (Lipinski definition) is 8. The zero-order valence-electron chi connectivity index (χ0n) is 16.1. The smallest absolute Gasteiger partial charge is 0.402 e. The van der Waals surface area contributed by atoms with Crippen LogP contribution >= 0.6 is 20.2 Å². The highest BCUT2D eigenvalue weighted by Gasteiger charge is 2.47. The van der Waals surface area contributed by atoms with Crippen LogP contribution in [0.5, 0.6) is 5.75 Å². The molecule has 4 rings (SSSR count). The first kappa shape index (κ1) is 21.5. The van der Waals surface area contributed by atoms with Crippen molar-refractivity contribution in [3.63, 3.8) is 0 Å². The highest BCUT2D eigenvalue weighted by Crippen LogP contribution is 2.51. The summed E-state index contributed by atoms with van der Waals surface area (Å²) in [5, 5.41) is 20.7. The molecular weight excluding hydrogens is 439 g/mol. The van der Waals surface area contributed by atoms with Crippen molar-refractivity contribution < 1.29 is 28.5 Å². The average molecular weight is 459 g/mol. The maximum absolute atomic E-state index is 12.0. The molecule has 3 unspecified atom stereocenters. The van der Waals surface area contributed by atoms with E-state index >= 15 is 0 Å². The molecule has 1 saturated heterocycles. The number of aliphatic hydroxyl groups is 2. The third-order valence-electron chi connectivity index (χ3n) is 4.85. The van der Waals surface area contributed by atoms with Crippen molar-refractivity contribution in [2.24, 2.45) is 0 Å². The fraction of sp³-hybridized carbons (Fsp3) is 0.444. The Morgan fingerprint density at radius 1 is 1.30 bits per heavy atom. The SMILES string of the molecule is Cc1cc(C)c2c(c1)COP(OC(O)(O)C1CCC(n3cc(Cl)c(=O)[nH]c3=O)O1)O2. The van der Waals surface area contributed by atoms with Gasteiger partial charge in [0.1, 0.15) is 23.1 Å². The molecule has 0 spiro atoms. The van der Waals surface area contributed by atoms with E-state index in [-0.39, 0.29) is 24.5 Å². The molecule has 3 N–H and O–H groups in total. The first-order valence-electron chi connectivity index (χ1n) is 9.15. The number of ether oxygens (including phenoxy) is 1. The molecule has 0 amide bonds. The fourth-order valence-electron chi connectivity index (χ4n) is 3.49. The Hall–Kier alpha value is -1.78. The van der Waals surface area contributed by atoms with Gasteiger partial charge in [-0.25, -0.2) is 9.32 Å². The predicted octanol–water partition coefficient (Wildman–Crippen LogP) is 1.98. The Kier molecular flexibility index (Phi) is 5.75. The number of benzene rings is 1. The minimum absolute atomic E-state index is 0.166. The summed E-state index contributed by atoms with van der Waals surface area (Å²) < 4.78 is 23.2. The van der Waals surface area contributed by atoms with Crippen molar-refractivity contribution in [2.75, 3.05) is 0 Å². The van der Waals surface area contributed by atoms with Gasteiger partial charge in [0.05, 0.1) is 6.61 Å². The second kappa shape index (κ2) is 8.05. The molecule has 3 atom stereocenters. The summed E-state index contributed by atoms with van der Waals surface area (Å²) in [7, 11) is -2.09. The van der Waals surface area contributed by atoms with E-state index in [0.29, 0.717) is 5.75 Å². The number of H-pyrrole nitrogens is 1. The molecule has 10 nitrogen and oxygen atoms in total. The van der Waals surface area contributed by atoms with E-state index in [1.165, 1.54) is 0 Å². The Morgan fingerprint density at radius 3 is 2.83 bits per heavy atom. The van der Waals surface area contributed by atoms with Gasteiger partial charge in [0.25, 0.3) is 5.56 Å². The van der Waals surface area contributed by atoms with Crippen LogP contribution in [0.25, 0.3) is 0 Å². The van der Waals surface area contributed by atoms with E-state index in [9.17, 15) is 19.8 Å². The summed E-state index contributed by atoms with van der Waals surface area (Å²) in [5.74, 6) is -2.12. The minimum Gasteiger partial charge on any atom is -0.426 e. The zero-order chi connectivity index (χ0) is 21.6. The molecule has 0 aliphatic carbocycles. The fourth-order valence-corrected chi connectivity index (χ4v) is 4.78. The van der Waals surface area contributed by atoms with Crippen LogP contribution in [-0.2, 0) is 20.4 Å². The van der Waals surface area contributed by atoms with Gasteiger partial charge in [-0.15, -0.1) is 0 Å². The van der Waals surface area contributed by atoms with Crippen molar-refractivity contribution in [1.29, 1.82) is 0 Å². The molecule has 0 saturated carbocycles. The van der Waals surface area contributed by atoms with Crippen LogP contribution in [0.3, 0.4) is 0 Å². The highest BCUT2D eigenvalue weighted by molar-refractivity contribution is 7.42. The second-order valence-corrected chi connectivity index (χ2v) is 8.69. The minimum atomic E-state index is -2.72. The number of aromatic nitrogens is 2. The number of halogens is 1. The van der Waals surface area contributed by atoms with E-state index in [4.69, 9.17) is 29.9 Å². The maximum Gasteiger partial charge on any atom is 0.402 e. The number of aryl methyl sites for hydroxylation is 2. The van der Waals surface area contributed by atoms with Crippen LogP contribution in [0.4, 0.5) is 0 Å². The number of fused-ring (bicyclic) bond motifs is 1. The summed E-state index contributed by atoms with van der Waals surface area (Å²) >= 11 is 5.77. The van der Waals surface area contributed by atoms with Gasteiger partial charge >= 0.3 is 20.3 Å². The second-order valence-electron chi connectivity index (χ2n) is 7.21. The third-order valence-corrected chi connectivity index (χ3v) is 6.21. The summed E-state index contributed by atoms with van der Waals surface area (Å²) in [6.07, 6.45) is -0.466. The van der Waals surface area contributed by atoms with Crippen LogP contribution in [0.1, 0.15) is 35.8 Å².